The number of anilines is 1. The number of nitrogens with one attached hydrogen (secondary N) is 1. The third kappa shape index (κ3) is 2.91. The molecule has 2 atom stereocenters. The SMILES string of the molecule is CCOC1CC(Nc2c(Cl)cc(F)cc2Br)C1(C)C. The summed E-state index contributed by atoms with van der Waals surface area (Å²) in [5, 5.41) is 3.79. The third-order valence-electron chi connectivity index (χ3n) is 3.87. The lowest BCUT2D eigenvalue weighted by atomic mass is 9.64. The van der Waals surface area contributed by atoms with E-state index in [4.69, 9.17) is 16.3 Å². The van der Waals surface area contributed by atoms with E-state index in [9.17, 15) is 4.39 Å². The minimum Gasteiger partial charge on any atom is -0.379 e. The fraction of sp³-hybridized carbons (Fsp3) is 0.571. The lowest BCUT2D eigenvalue weighted by Gasteiger charge is -2.52. The van der Waals surface area contributed by atoms with Crippen molar-refractivity contribution in [1.29, 1.82) is 0 Å². The number of ether oxygens (including phenoxy) is 1. The first kappa shape index (κ1) is 15.1. The predicted molar refractivity (Wildman–Crippen MR) is 80.3 cm³/mol. The van der Waals surface area contributed by atoms with Crippen molar-refractivity contribution in [2.75, 3.05) is 11.9 Å². The molecule has 1 fully saturated rings. The van der Waals surface area contributed by atoms with Gasteiger partial charge in [0, 0.05) is 22.5 Å². The predicted octanol–water partition coefficient (Wildman–Crippen LogP) is 4.86. The number of hydrogen-bond acceptors (Lipinski definition) is 2. The largest absolute Gasteiger partial charge is 0.379 e. The Morgan fingerprint density at radius 3 is 2.74 bits per heavy atom. The molecule has 1 N–H and O–H groups in total. The van der Waals surface area contributed by atoms with E-state index in [-0.39, 0.29) is 23.4 Å². The zero-order valence-electron chi connectivity index (χ0n) is 11.3. The van der Waals surface area contributed by atoms with Crippen molar-refractivity contribution in [3.05, 3.63) is 27.4 Å². The molecule has 0 aliphatic heterocycles. The fourth-order valence-corrected chi connectivity index (χ4v) is 3.39. The van der Waals surface area contributed by atoms with Crippen LogP contribution in [0.2, 0.25) is 5.02 Å². The summed E-state index contributed by atoms with van der Waals surface area (Å²) in [6.45, 7) is 7.06. The minimum absolute atomic E-state index is 0.0349. The number of rotatable bonds is 4. The van der Waals surface area contributed by atoms with E-state index in [0.717, 1.165) is 18.7 Å². The monoisotopic (exact) mass is 349 g/mol. The molecule has 1 aliphatic carbocycles. The molecule has 0 amide bonds. The van der Waals surface area contributed by atoms with Crippen LogP contribution < -0.4 is 5.32 Å². The maximum absolute atomic E-state index is 13.2. The summed E-state index contributed by atoms with van der Waals surface area (Å²) in [6.07, 6.45) is 1.19. The van der Waals surface area contributed by atoms with Crippen LogP contribution in [0.3, 0.4) is 0 Å². The van der Waals surface area contributed by atoms with Crippen LogP contribution in [0.5, 0.6) is 0 Å². The Labute approximate surface area is 126 Å². The zero-order chi connectivity index (χ0) is 14.2. The molecular weight excluding hydrogens is 333 g/mol. The van der Waals surface area contributed by atoms with Gasteiger partial charge in [-0.15, -0.1) is 0 Å². The molecule has 19 heavy (non-hydrogen) atoms. The first-order valence-electron chi connectivity index (χ1n) is 6.39. The number of halogens is 3. The van der Waals surface area contributed by atoms with Gasteiger partial charge in [-0.1, -0.05) is 25.4 Å². The standard InChI is InChI=1S/C14H18BrClFNO/c1-4-19-12-7-11(14(12,2)3)18-13-9(15)5-8(17)6-10(13)16/h5-6,11-12,18H,4,7H2,1-3H3. The molecule has 0 spiro atoms. The van der Waals surface area contributed by atoms with Crippen molar-refractivity contribution >= 4 is 33.2 Å². The maximum atomic E-state index is 13.2. The lowest BCUT2D eigenvalue weighted by molar-refractivity contribution is -0.0976. The normalized spacial score (nSPS) is 24.9. The van der Waals surface area contributed by atoms with Crippen molar-refractivity contribution in [3.8, 4) is 0 Å². The quantitative estimate of drug-likeness (QED) is 0.837. The van der Waals surface area contributed by atoms with E-state index >= 15 is 0 Å². The molecule has 0 bridgehead atoms. The van der Waals surface area contributed by atoms with Crippen LogP contribution >= 0.6 is 27.5 Å². The number of hydrogen-bond donors (Lipinski definition) is 1. The highest BCUT2D eigenvalue weighted by atomic mass is 79.9. The van der Waals surface area contributed by atoms with E-state index in [0.29, 0.717) is 9.50 Å². The maximum Gasteiger partial charge on any atom is 0.125 e. The summed E-state index contributed by atoms with van der Waals surface area (Å²) in [5.41, 5.74) is 0.781. The van der Waals surface area contributed by atoms with E-state index < -0.39 is 0 Å². The van der Waals surface area contributed by atoms with Crippen molar-refractivity contribution < 1.29 is 9.13 Å². The Balaban J connectivity index is 2.12. The molecule has 1 aromatic carbocycles. The average Bonchev–Trinajstić information content (AvgIpc) is 2.30. The Morgan fingerprint density at radius 2 is 2.21 bits per heavy atom. The van der Waals surface area contributed by atoms with Gasteiger partial charge in [-0.3, -0.25) is 0 Å². The molecule has 106 valence electrons. The topological polar surface area (TPSA) is 21.3 Å². The average molecular weight is 351 g/mol. The van der Waals surface area contributed by atoms with E-state index in [1.165, 1.54) is 12.1 Å². The van der Waals surface area contributed by atoms with Gasteiger partial charge in [0.15, 0.2) is 0 Å². The molecule has 0 heterocycles. The van der Waals surface area contributed by atoms with Crippen molar-refractivity contribution in [2.45, 2.75) is 39.3 Å². The number of benzene rings is 1. The molecule has 2 nitrogen and oxygen atoms in total. The van der Waals surface area contributed by atoms with Crippen LogP contribution in [-0.4, -0.2) is 18.8 Å². The highest BCUT2D eigenvalue weighted by Gasteiger charge is 2.49. The van der Waals surface area contributed by atoms with Gasteiger partial charge in [-0.2, -0.15) is 0 Å². The zero-order valence-corrected chi connectivity index (χ0v) is 13.6. The smallest absolute Gasteiger partial charge is 0.125 e. The van der Waals surface area contributed by atoms with Crippen LogP contribution in [0.25, 0.3) is 0 Å². The van der Waals surface area contributed by atoms with Gasteiger partial charge < -0.3 is 10.1 Å². The van der Waals surface area contributed by atoms with Gasteiger partial charge >= 0.3 is 0 Å². The first-order chi connectivity index (χ1) is 8.86. The van der Waals surface area contributed by atoms with E-state index in [1.54, 1.807) is 0 Å². The van der Waals surface area contributed by atoms with Gasteiger partial charge in [-0.05, 0) is 41.4 Å². The molecule has 1 saturated carbocycles. The fourth-order valence-electron chi connectivity index (χ4n) is 2.47. The highest BCUT2D eigenvalue weighted by molar-refractivity contribution is 9.10. The highest BCUT2D eigenvalue weighted by Crippen LogP contribution is 2.46. The van der Waals surface area contributed by atoms with Gasteiger partial charge in [0.05, 0.1) is 16.8 Å². The summed E-state index contributed by atoms with van der Waals surface area (Å²) < 4.78 is 19.5. The molecule has 0 radical (unpaired) electrons. The van der Waals surface area contributed by atoms with E-state index in [2.05, 4.69) is 35.1 Å². The second kappa shape index (κ2) is 5.58. The van der Waals surface area contributed by atoms with Crippen LogP contribution in [0.1, 0.15) is 27.2 Å². The molecule has 2 unspecified atom stereocenters. The van der Waals surface area contributed by atoms with Crippen LogP contribution in [0.15, 0.2) is 16.6 Å². The summed E-state index contributed by atoms with van der Waals surface area (Å²) in [6, 6.07) is 3.00. The van der Waals surface area contributed by atoms with Crippen LogP contribution in [-0.2, 0) is 4.74 Å². The molecule has 1 aliphatic rings. The van der Waals surface area contributed by atoms with Crippen molar-refractivity contribution in [2.24, 2.45) is 5.41 Å². The Bertz CT molecular complexity index is 458. The van der Waals surface area contributed by atoms with Gasteiger partial charge in [-0.25, -0.2) is 4.39 Å². The summed E-state index contributed by atoms with van der Waals surface area (Å²) in [4.78, 5) is 0. The van der Waals surface area contributed by atoms with E-state index in [1.807, 2.05) is 6.92 Å². The molecule has 5 heteroatoms. The first-order valence-corrected chi connectivity index (χ1v) is 7.56. The minimum atomic E-state index is -0.345. The van der Waals surface area contributed by atoms with Crippen molar-refractivity contribution in [1.82, 2.24) is 0 Å². The van der Waals surface area contributed by atoms with Crippen molar-refractivity contribution in [3.63, 3.8) is 0 Å². The Hall–Kier alpha value is -0.320. The molecule has 0 saturated heterocycles. The van der Waals surface area contributed by atoms with Gasteiger partial charge in [0.1, 0.15) is 5.82 Å². The summed E-state index contributed by atoms with van der Waals surface area (Å²) >= 11 is 9.43. The Morgan fingerprint density at radius 1 is 1.53 bits per heavy atom. The summed E-state index contributed by atoms with van der Waals surface area (Å²) in [5.74, 6) is -0.345. The van der Waals surface area contributed by atoms with Crippen LogP contribution in [0.4, 0.5) is 10.1 Å². The molecular formula is C14H18BrClFNO. The lowest BCUT2D eigenvalue weighted by Crippen LogP contribution is -2.58. The Kier molecular flexibility index (Phi) is 4.43. The van der Waals surface area contributed by atoms with Gasteiger partial charge in [0.25, 0.3) is 0 Å². The molecule has 2 rings (SSSR count). The van der Waals surface area contributed by atoms with Crippen LogP contribution in [0, 0.1) is 11.2 Å². The summed E-state index contributed by atoms with van der Waals surface area (Å²) in [7, 11) is 0. The third-order valence-corrected chi connectivity index (χ3v) is 4.79. The second-order valence-electron chi connectivity index (χ2n) is 5.44. The molecule has 0 aromatic heterocycles. The second-order valence-corrected chi connectivity index (χ2v) is 6.70. The van der Waals surface area contributed by atoms with Gasteiger partial charge in [0.2, 0.25) is 0 Å². The molecule has 1 aromatic rings.